The molecule has 3 rings (SSSR count). The van der Waals surface area contributed by atoms with Crippen molar-refractivity contribution >= 4 is 5.91 Å². The van der Waals surface area contributed by atoms with Gasteiger partial charge in [0.05, 0.1) is 13.2 Å². The van der Waals surface area contributed by atoms with E-state index in [9.17, 15) is 4.79 Å². The number of aryl methyl sites for hydroxylation is 3. The number of rotatable bonds is 2. The molecular formula is C16H20N4O2. The van der Waals surface area contributed by atoms with Gasteiger partial charge >= 0.3 is 0 Å². The summed E-state index contributed by atoms with van der Waals surface area (Å²) in [5.74, 6) is 0.673. The molecule has 3 heterocycles. The van der Waals surface area contributed by atoms with Crippen LogP contribution in [0, 0.1) is 13.8 Å². The number of aromatic nitrogens is 3. The van der Waals surface area contributed by atoms with Crippen molar-refractivity contribution in [3.05, 3.63) is 47.3 Å². The fourth-order valence-corrected chi connectivity index (χ4v) is 2.73. The Kier molecular flexibility index (Phi) is 3.94. The van der Waals surface area contributed by atoms with Crippen LogP contribution in [-0.2, 0) is 11.8 Å². The van der Waals surface area contributed by atoms with Crippen LogP contribution in [0.5, 0.6) is 0 Å². The summed E-state index contributed by atoms with van der Waals surface area (Å²) in [7, 11) is 1.87. The number of hydrogen-bond acceptors (Lipinski definition) is 4. The third-order valence-corrected chi connectivity index (χ3v) is 3.80. The molecule has 1 saturated heterocycles. The van der Waals surface area contributed by atoms with Crippen molar-refractivity contribution in [2.45, 2.75) is 20.0 Å². The molecule has 0 saturated carbocycles. The molecule has 2 aromatic rings. The Morgan fingerprint density at radius 1 is 1.32 bits per heavy atom. The van der Waals surface area contributed by atoms with Gasteiger partial charge in [0.25, 0.3) is 5.91 Å². The zero-order valence-electron chi connectivity index (χ0n) is 13.1. The first-order chi connectivity index (χ1) is 10.5. The van der Waals surface area contributed by atoms with E-state index >= 15 is 0 Å². The minimum absolute atomic E-state index is 0.0187. The molecular weight excluding hydrogens is 280 g/mol. The molecule has 116 valence electrons. The van der Waals surface area contributed by atoms with E-state index in [2.05, 4.69) is 9.97 Å². The number of morpholine rings is 1. The lowest BCUT2D eigenvalue weighted by Gasteiger charge is -2.32. The summed E-state index contributed by atoms with van der Waals surface area (Å²) in [6.07, 6.45) is 1.61. The lowest BCUT2D eigenvalue weighted by Crippen LogP contribution is -2.43. The van der Waals surface area contributed by atoms with Crippen molar-refractivity contribution in [1.29, 1.82) is 0 Å². The Balaban J connectivity index is 1.79. The number of carbonyl (C=O) groups excluding carboxylic acids is 1. The molecule has 0 N–H and O–H groups in total. The summed E-state index contributed by atoms with van der Waals surface area (Å²) in [4.78, 5) is 23.3. The van der Waals surface area contributed by atoms with Gasteiger partial charge in [-0.1, -0.05) is 0 Å². The molecule has 1 aliphatic rings. The van der Waals surface area contributed by atoms with Gasteiger partial charge in [-0.05, 0) is 32.0 Å². The predicted molar refractivity (Wildman–Crippen MR) is 81.5 cm³/mol. The lowest BCUT2D eigenvalue weighted by atomic mass is 10.2. The van der Waals surface area contributed by atoms with Crippen LogP contribution in [-0.4, -0.2) is 45.0 Å². The van der Waals surface area contributed by atoms with E-state index < -0.39 is 0 Å². The van der Waals surface area contributed by atoms with Crippen molar-refractivity contribution in [1.82, 2.24) is 19.4 Å². The Morgan fingerprint density at radius 2 is 2.05 bits per heavy atom. The van der Waals surface area contributed by atoms with Crippen LogP contribution in [0.1, 0.15) is 33.8 Å². The Bertz CT molecular complexity index is 675. The summed E-state index contributed by atoms with van der Waals surface area (Å²) < 4.78 is 7.61. The van der Waals surface area contributed by atoms with Gasteiger partial charge in [0, 0.05) is 31.2 Å². The summed E-state index contributed by atoms with van der Waals surface area (Å²) in [6.45, 7) is 5.44. The fourth-order valence-electron chi connectivity index (χ4n) is 2.73. The molecule has 1 amide bonds. The first-order valence-electron chi connectivity index (χ1n) is 7.39. The fraction of sp³-hybridized carbons (Fsp3) is 0.438. The molecule has 0 aromatic carbocycles. The maximum Gasteiger partial charge on any atom is 0.270 e. The molecule has 22 heavy (non-hydrogen) atoms. The van der Waals surface area contributed by atoms with Gasteiger partial charge in [0.15, 0.2) is 5.82 Å². The second-order valence-electron chi connectivity index (χ2n) is 5.62. The van der Waals surface area contributed by atoms with Crippen LogP contribution in [0.2, 0.25) is 0 Å². The van der Waals surface area contributed by atoms with Crippen molar-refractivity contribution < 1.29 is 9.53 Å². The molecule has 6 nitrogen and oxygen atoms in total. The Morgan fingerprint density at radius 3 is 2.68 bits per heavy atom. The Hall–Kier alpha value is -2.21. The maximum absolute atomic E-state index is 12.6. The number of hydrogen-bond donors (Lipinski definition) is 0. The van der Waals surface area contributed by atoms with Gasteiger partial charge in [0.1, 0.15) is 11.8 Å². The maximum atomic E-state index is 12.6. The van der Waals surface area contributed by atoms with Gasteiger partial charge in [-0.15, -0.1) is 0 Å². The average Bonchev–Trinajstić information content (AvgIpc) is 2.92. The molecule has 0 radical (unpaired) electrons. The summed E-state index contributed by atoms with van der Waals surface area (Å²) in [5, 5.41) is 0. The van der Waals surface area contributed by atoms with E-state index in [0.29, 0.717) is 31.2 Å². The van der Waals surface area contributed by atoms with Gasteiger partial charge in [-0.25, -0.2) is 9.97 Å². The third-order valence-electron chi connectivity index (χ3n) is 3.80. The van der Waals surface area contributed by atoms with Crippen molar-refractivity contribution in [3.63, 3.8) is 0 Å². The van der Waals surface area contributed by atoms with Crippen LogP contribution in [0.25, 0.3) is 0 Å². The molecule has 1 atom stereocenters. The highest BCUT2D eigenvalue weighted by Gasteiger charge is 2.28. The topological polar surface area (TPSA) is 60.2 Å². The van der Waals surface area contributed by atoms with Crippen molar-refractivity contribution in [2.24, 2.45) is 7.05 Å². The van der Waals surface area contributed by atoms with E-state index in [4.69, 9.17) is 4.74 Å². The minimum Gasteiger partial charge on any atom is -0.367 e. The van der Waals surface area contributed by atoms with E-state index in [1.165, 1.54) is 0 Å². The van der Waals surface area contributed by atoms with Crippen LogP contribution in [0.3, 0.4) is 0 Å². The number of nitrogens with zero attached hydrogens (tertiary/aromatic N) is 4. The molecule has 1 aliphatic heterocycles. The SMILES string of the molecule is Cc1cc(C)nc([C@@H]2CN(C(=O)c3cccn3C)CCO2)n1. The van der Waals surface area contributed by atoms with Gasteiger partial charge in [-0.2, -0.15) is 0 Å². The molecule has 6 heteroatoms. The highest BCUT2D eigenvalue weighted by molar-refractivity contribution is 5.92. The zero-order chi connectivity index (χ0) is 15.7. The van der Waals surface area contributed by atoms with Crippen LogP contribution < -0.4 is 0 Å². The summed E-state index contributed by atoms with van der Waals surface area (Å²) in [5.41, 5.74) is 2.51. The highest BCUT2D eigenvalue weighted by Crippen LogP contribution is 2.21. The second kappa shape index (κ2) is 5.88. The van der Waals surface area contributed by atoms with Crippen LogP contribution in [0.4, 0.5) is 0 Å². The zero-order valence-corrected chi connectivity index (χ0v) is 13.1. The summed E-state index contributed by atoms with van der Waals surface area (Å²) >= 11 is 0. The van der Waals surface area contributed by atoms with Gasteiger partial charge < -0.3 is 14.2 Å². The molecule has 1 fully saturated rings. The van der Waals surface area contributed by atoms with E-state index in [-0.39, 0.29) is 12.0 Å². The summed E-state index contributed by atoms with van der Waals surface area (Å²) in [6, 6.07) is 5.64. The van der Waals surface area contributed by atoms with Gasteiger partial charge in [0.2, 0.25) is 0 Å². The first kappa shape index (κ1) is 14.7. The largest absolute Gasteiger partial charge is 0.367 e. The first-order valence-corrected chi connectivity index (χ1v) is 7.39. The average molecular weight is 300 g/mol. The highest BCUT2D eigenvalue weighted by atomic mass is 16.5. The normalized spacial score (nSPS) is 18.5. The molecule has 0 unspecified atom stereocenters. The number of carbonyl (C=O) groups is 1. The standard InChI is InChI=1S/C16H20N4O2/c1-11-9-12(2)18-15(17-11)14-10-20(7-8-22-14)16(21)13-5-4-6-19(13)3/h4-6,9,14H,7-8,10H2,1-3H3/t14-/m0/s1. The Labute approximate surface area is 129 Å². The predicted octanol–water partition coefficient (Wildman–Crippen LogP) is 1.65. The molecule has 0 aliphatic carbocycles. The van der Waals surface area contributed by atoms with Crippen molar-refractivity contribution in [2.75, 3.05) is 19.7 Å². The smallest absolute Gasteiger partial charge is 0.270 e. The van der Waals surface area contributed by atoms with E-state index in [1.807, 2.05) is 54.8 Å². The van der Waals surface area contributed by atoms with E-state index in [0.717, 1.165) is 11.4 Å². The van der Waals surface area contributed by atoms with E-state index in [1.54, 1.807) is 0 Å². The van der Waals surface area contributed by atoms with Crippen LogP contribution >= 0.6 is 0 Å². The molecule has 2 aromatic heterocycles. The molecule has 0 bridgehead atoms. The number of ether oxygens (including phenoxy) is 1. The monoisotopic (exact) mass is 300 g/mol. The minimum atomic E-state index is -0.267. The van der Waals surface area contributed by atoms with Crippen LogP contribution in [0.15, 0.2) is 24.4 Å². The molecule has 0 spiro atoms. The third kappa shape index (κ3) is 2.87. The quantitative estimate of drug-likeness (QED) is 0.846. The lowest BCUT2D eigenvalue weighted by molar-refractivity contribution is -0.0272. The number of amides is 1. The van der Waals surface area contributed by atoms with Gasteiger partial charge in [-0.3, -0.25) is 4.79 Å². The second-order valence-corrected chi connectivity index (χ2v) is 5.62. The van der Waals surface area contributed by atoms with Crippen molar-refractivity contribution in [3.8, 4) is 0 Å².